The van der Waals surface area contributed by atoms with Crippen LogP contribution in [0.15, 0.2) is 0 Å². The van der Waals surface area contributed by atoms with E-state index in [1.165, 1.54) is 51.5 Å². The highest BCUT2D eigenvalue weighted by Gasteiger charge is 1.90. The first kappa shape index (κ1) is 14.5. The normalized spacial score (nSPS) is 10.1. The fourth-order valence-electron chi connectivity index (χ4n) is 1.65. The Hall–Kier alpha value is -0.480. The maximum atomic E-state index is 5.17. The van der Waals surface area contributed by atoms with Gasteiger partial charge in [0.05, 0.1) is 0 Å². The van der Waals surface area contributed by atoms with E-state index in [2.05, 4.69) is 18.2 Å². The number of rotatable bonds is 11. The summed E-state index contributed by atoms with van der Waals surface area (Å²) in [4.78, 5) is 0. The van der Waals surface area contributed by atoms with E-state index in [4.69, 9.17) is 6.42 Å². The van der Waals surface area contributed by atoms with Crippen LogP contribution in [0.5, 0.6) is 0 Å². The predicted molar refractivity (Wildman–Crippen MR) is 68.9 cm³/mol. The molecule has 0 rings (SSSR count). The zero-order chi connectivity index (χ0) is 11.2. The summed E-state index contributed by atoms with van der Waals surface area (Å²) in [6, 6.07) is 0. The first-order chi connectivity index (χ1) is 7.41. The lowest BCUT2D eigenvalue weighted by Crippen LogP contribution is -2.16. The molecule has 0 amide bonds. The van der Waals surface area contributed by atoms with Gasteiger partial charge in [-0.05, 0) is 25.9 Å². The Morgan fingerprint density at radius 1 is 0.867 bits per heavy atom. The zero-order valence-electron chi connectivity index (χ0n) is 10.4. The van der Waals surface area contributed by atoms with Gasteiger partial charge >= 0.3 is 0 Å². The number of unbranched alkanes of at least 4 members (excludes halogenated alkanes) is 7. The van der Waals surface area contributed by atoms with Crippen molar-refractivity contribution in [1.82, 2.24) is 5.32 Å². The van der Waals surface area contributed by atoms with E-state index in [-0.39, 0.29) is 0 Å². The zero-order valence-corrected chi connectivity index (χ0v) is 10.4. The quantitative estimate of drug-likeness (QED) is 0.404. The van der Waals surface area contributed by atoms with Crippen molar-refractivity contribution in [2.45, 2.75) is 64.7 Å². The molecule has 0 aromatic heterocycles. The SMILES string of the molecule is C#CCCCNCCCCCCCCC. The van der Waals surface area contributed by atoms with Crippen molar-refractivity contribution >= 4 is 0 Å². The molecule has 0 fully saturated rings. The summed E-state index contributed by atoms with van der Waals surface area (Å²) in [6.45, 7) is 4.51. The van der Waals surface area contributed by atoms with Gasteiger partial charge in [0.1, 0.15) is 0 Å². The molecule has 0 aromatic rings. The molecule has 0 aliphatic heterocycles. The van der Waals surface area contributed by atoms with Crippen molar-refractivity contribution in [3.05, 3.63) is 0 Å². The molecule has 0 aromatic carbocycles. The van der Waals surface area contributed by atoms with Gasteiger partial charge < -0.3 is 5.32 Å². The first-order valence-corrected chi connectivity index (χ1v) is 6.56. The number of hydrogen-bond acceptors (Lipinski definition) is 1. The van der Waals surface area contributed by atoms with Crippen molar-refractivity contribution in [3.8, 4) is 12.3 Å². The van der Waals surface area contributed by atoms with Gasteiger partial charge in [-0.3, -0.25) is 0 Å². The lowest BCUT2D eigenvalue weighted by Gasteiger charge is -2.03. The Bertz CT molecular complexity index is 146. The van der Waals surface area contributed by atoms with E-state index >= 15 is 0 Å². The predicted octanol–water partition coefficient (Wildman–Crippen LogP) is 3.74. The third-order valence-electron chi connectivity index (χ3n) is 2.63. The molecule has 0 saturated carbocycles. The monoisotopic (exact) mass is 209 g/mol. The Morgan fingerprint density at radius 2 is 1.47 bits per heavy atom. The highest BCUT2D eigenvalue weighted by Crippen LogP contribution is 2.06. The summed E-state index contributed by atoms with van der Waals surface area (Å²) in [5, 5.41) is 3.43. The average molecular weight is 209 g/mol. The lowest BCUT2D eigenvalue weighted by molar-refractivity contribution is 0.559. The fourth-order valence-corrected chi connectivity index (χ4v) is 1.65. The van der Waals surface area contributed by atoms with Crippen LogP contribution in [-0.2, 0) is 0 Å². The van der Waals surface area contributed by atoms with Gasteiger partial charge in [-0.15, -0.1) is 12.3 Å². The van der Waals surface area contributed by atoms with Crippen LogP contribution in [-0.4, -0.2) is 13.1 Å². The van der Waals surface area contributed by atoms with E-state index in [1.54, 1.807) is 0 Å². The van der Waals surface area contributed by atoms with Crippen LogP contribution < -0.4 is 5.32 Å². The minimum Gasteiger partial charge on any atom is -0.317 e. The molecule has 0 atom stereocenters. The summed E-state index contributed by atoms with van der Waals surface area (Å²) < 4.78 is 0. The third kappa shape index (κ3) is 13.5. The van der Waals surface area contributed by atoms with Crippen LogP contribution in [0.2, 0.25) is 0 Å². The van der Waals surface area contributed by atoms with E-state index in [0.29, 0.717) is 0 Å². The maximum absolute atomic E-state index is 5.17. The molecule has 0 spiro atoms. The van der Waals surface area contributed by atoms with Crippen molar-refractivity contribution in [3.63, 3.8) is 0 Å². The third-order valence-corrected chi connectivity index (χ3v) is 2.63. The summed E-state index contributed by atoms with van der Waals surface area (Å²) in [5.74, 6) is 2.66. The average Bonchev–Trinajstić information content (AvgIpc) is 2.26. The van der Waals surface area contributed by atoms with Gasteiger partial charge in [-0.25, -0.2) is 0 Å². The van der Waals surface area contributed by atoms with Gasteiger partial charge in [0.2, 0.25) is 0 Å². The molecule has 0 aliphatic rings. The van der Waals surface area contributed by atoms with E-state index in [9.17, 15) is 0 Å². The molecule has 1 heteroatoms. The summed E-state index contributed by atoms with van der Waals surface area (Å²) in [7, 11) is 0. The van der Waals surface area contributed by atoms with Gasteiger partial charge in [0, 0.05) is 6.42 Å². The fraction of sp³-hybridized carbons (Fsp3) is 0.857. The highest BCUT2D eigenvalue weighted by atomic mass is 14.8. The van der Waals surface area contributed by atoms with Crippen LogP contribution in [0.25, 0.3) is 0 Å². The van der Waals surface area contributed by atoms with Crippen LogP contribution >= 0.6 is 0 Å². The van der Waals surface area contributed by atoms with Crippen LogP contribution in [0.4, 0.5) is 0 Å². The van der Waals surface area contributed by atoms with Crippen LogP contribution in [0.3, 0.4) is 0 Å². The number of nitrogens with one attached hydrogen (secondary N) is 1. The standard InChI is InChI=1S/C14H27N/c1-3-5-7-8-9-10-12-14-15-13-11-6-4-2/h2,15H,3,5-14H2,1H3. The van der Waals surface area contributed by atoms with Gasteiger partial charge in [-0.1, -0.05) is 45.4 Å². The lowest BCUT2D eigenvalue weighted by atomic mass is 10.1. The minimum absolute atomic E-state index is 0.907. The van der Waals surface area contributed by atoms with Crippen LogP contribution in [0, 0.1) is 12.3 Å². The largest absolute Gasteiger partial charge is 0.317 e. The molecule has 1 nitrogen and oxygen atoms in total. The van der Waals surface area contributed by atoms with Crippen molar-refractivity contribution < 1.29 is 0 Å². The second kappa shape index (κ2) is 13.5. The second-order valence-electron chi connectivity index (χ2n) is 4.18. The Balaban J connectivity index is 2.84. The summed E-state index contributed by atoms with van der Waals surface area (Å²) in [5.41, 5.74) is 0. The molecule has 0 aliphatic carbocycles. The van der Waals surface area contributed by atoms with E-state index in [1.807, 2.05) is 0 Å². The molecule has 0 unspecified atom stereocenters. The summed E-state index contributed by atoms with van der Waals surface area (Å²) in [6.07, 6.45) is 16.9. The van der Waals surface area contributed by atoms with E-state index < -0.39 is 0 Å². The molecular formula is C14H27N. The molecule has 0 heterocycles. The molecule has 15 heavy (non-hydrogen) atoms. The smallest absolute Gasteiger partial charge is 0.00981 e. The Morgan fingerprint density at radius 3 is 2.13 bits per heavy atom. The second-order valence-corrected chi connectivity index (χ2v) is 4.18. The molecule has 1 N–H and O–H groups in total. The molecular weight excluding hydrogens is 182 g/mol. The van der Waals surface area contributed by atoms with E-state index in [0.717, 1.165) is 19.4 Å². The Labute approximate surface area is 96.0 Å². The molecule has 0 bridgehead atoms. The highest BCUT2D eigenvalue weighted by molar-refractivity contribution is 4.83. The van der Waals surface area contributed by atoms with Crippen molar-refractivity contribution in [1.29, 1.82) is 0 Å². The van der Waals surface area contributed by atoms with Gasteiger partial charge in [-0.2, -0.15) is 0 Å². The maximum Gasteiger partial charge on any atom is 0.00981 e. The summed E-state index contributed by atoms with van der Waals surface area (Å²) >= 11 is 0. The Kier molecular flexibility index (Phi) is 13.1. The molecule has 0 saturated heterocycles. The number of hydrogen-bond donors (Lipinski definition) is 1. The van der Waals surface area contributed by atoms with Crippen molar-refractivity contribution in [2.24, 2.45) is 0 Å². The molecule has 0 radical (unpaired) electrons. The number of terminal acetylenes is 1. The van der Waals surface area contributed by atoms with Gasteiger partial charge in [0.15, 0.2) is 0 Å². The topological polar surface area (TPSA) is 12.0 Å². The minimum atomic E-state index is 0.907. The van der Waals surface area contributed by atoms with Crippen LogP contribution in [0.1, 0.15) is 64.7 Å². The van der Waals surface area contributed by atoms with Gasteiger partial charge in [0.25, 0.3) is 0 Å². The first-order valence-electron chi connectivity index (χ1n) is 6.56. The van der Waals surface area contributed by atoms with Crippen molar-refractivity contribution in [2.75, 3.05) is 13.1 Å². The molecule has 88 valence electrons.